The van der Waals surface area contributed by atoms with Crippen molar-refractivity contribution in [2.45, 2.75) is 25.9 Å². The van der Waals surface area contributed by atoms with E-state index in [2.05, 4.69) is 30.4 Å². The summed E-state index contributed by atoms with van der Waals surface area (Å²) in [4.78, 5) is 40.4. The van der Waals surface area contributed by atoms with Gasteiger partial charge in [-0.15, -0.1) is 0 Å². The summed E-state index contributed by atoms with van der Waals surface area (Å²) in [6.45, 7) is 1.80. The van der Waals surface area contributed by atoms with Gasteiger partial charge in [0.1, 0.15) is 23.8 Å². The van der Waals surface area contributed by atoms with Crippen molar-refractivity contribution in [3.8, 4) is 5.82 Å². The highest BCUT2D eigenvalue weighted by Gasteiger charge is 2.34. The van der Waals surface area contributed by atoms with E-state index < -0.39 is 12.1 Å². The van der Waals surface area contributed by atoms with Crippen LogP contribution in [-0.2, 0) is 20.7 Å². The summed E-state index contributed by atoms with van der Waals surface area (Å²) >= 11 is 0. The highest BCUT2D eigenvalue weighted by atomic mass is 16.5. The van der Waals surface area contributed by atoms with Gasteiger partial charge in [-0.05, 0) is 12.5 Å². The molecule has 150 valence electrons. The Kier molecular flexibility index (Phi) is 4.24. The summed E-state index contributed by atoms with van der Waals surface area (Å²) in [6.07, 6.45) is 2.33. The van der Waals surface area contributed by atoms with Crippen LogP contribution >= 0.6 is 0 Å². The fourth-order valence-electron chi connectivity index (χ4n) is 3.63. The smallest absolute Gasteiger partial charge is 0.310 e. The maximum absolute atomic E-state index is 12.5. The van der Waals surface area contributed by atoms with E-state index in [9.17, 15) is 9.59 Å². The van der Waals surface area contributed by atoms with E-state index in [1.807, 2.05) is 30.3 Å². The van der Waals surface area contributed by atoms with Crippen LogP contribution < -0.4 is 5.32 Å². The third-order valence-corrected chi connectivity index (χ3v) is 4.93. The lowest BCUT2D eigenvalue weighted by molar-refractivity contribution is -0.149. The summed E-state index contributed by atoms with van der Waals surface area (Å²) in [5.74, 6) is 0.197. The number of H-pyrrole nitrogens is 1. The highest BCUT2D eigenvalue weighted by molar-refractivity contribution is 5.95. The van der Waals surface area contributed by atoms with E-state index in [-0.39, 0.29) is 18.7 Å². The number of carbonyl (C=O) groups excluding carboxylic acids is 2. The van der Waals surface area contributed by atoms with Crippen LogP contribution in [0.25, 0.3) is 17.0 Å². The van der Waals surface area contributed by atoms with Crippen molar-refractivity contribution < 1.29 is 14.3 Å². The summed E-state index contributed by atoms with van der Waals surface area (Å²) in [6, 6.07) is 9.32. The summed E-state index contributed by atoms with van der Waals surface area (Å²) in [5, 5.41) is 7.37. The summed E-state index contributed by atoms with van der Waals surface area (Å²) < 4.78 is 7.20. The molecule has 30 heavy (non-hydrogen) atoms. The maximum atomic E-state index is 12.5. The molecule has 0 aliphatic carbocycles. The molecular formula is C20H17N7O3. The first-order valence-corrected chi connectivity index (χ1v) is 9.37. The average molecular weight is 403 g/mol. The molecular weight excluding hydrogens is 386 g/mol. The third kappa shape index (κ3) is 3.08. The second-order valence-corrected chi connectivity index (χ2v) is 6.95. The number of fused-ring (bicyclic) bond motifs is 2. The topological polar surface area (TPSA) is 128 Å². The Morgan fingerprint density at radius 1 is 1.23 bits per heavy atom. The number of carbonyl (C=O) groups is 2. The summed E-state index contributed by atoms with van der Waals surface area (Å²) in [7, 11) is 0. The molecule has 0 fully saturated rings. The summed E-state index contributed by atoms with van der Waals surface area (Å²) in [5.41, 5.74) is 3.20. The molecule has 10 nitrogen and oxygen atoms in total. The average Bonchev–Trinajstić information content (AvgIpc) is 3.33. The molecule has 0 saturated carbocycles. The highest BCUT2D eigenvalue weighted by Crippen LogP contribution is 2.37. The molecule has 1 unspecified atom stereocenters. The van der Waals surface area contributed by atoms with Gasteiger partial charge < -0.3 is 15.0 Å². The Bertz CT molecular complexity index is 1260. The van der Waals surface area contributed by atoms with Crippen molar-refractivity contribution in [2.75, 3.05) is 5.32 Å². The first-order chi connectivity index (χ1) is 14.6. The van der Waals surface area contributed by atoms with Gasteiger partial charge in [-0.2, -0.15) is 9.78 Å². The largest absolute Gasteiger partial charge is 0.456 e. The molecule has 1 aliphatic rings. The normalized spacial score (nSPS) is 15.6. The van der Waals surface area contributed by atoms with Gasteiger partial charge in [0.2, 0.25) is 5.91 Å². The second-order valence-electron chi connectivity index (χ2n) is 6.95. The molecule has 10 heteroatoms. The zero-order valence-corrected chi connectivity index (χ0v) is 16.0. The Morgan fingerprint density at radius 2 is 2.07 bits per heavy atom. The van der Waals surface area contributed by atoms with E-state index in [1.54, 1.807) is 6.92 Å². The molecule has 0 bridgehead atoms. The predicted molar refractivity (Wildman–Crippen MR) is 106 cm³/mol. The van der Waals surface area contributed by atoms with E-state index in [1.165, 1.54) is 17.3 Å². The molecule has 1 aromatic carbocycles. The number of amides is 1. The number of aryl methyl sites for hydroxylation is 1. The van der Waals surface area contributed by atoms with Gasteiger partial charge in [-0.3, -0.25) is 9.59 Å². The molecule has 0 radical (unpaired) electrons. The quantitative estimate of drug-likeness (QED) is 0.499. The van der Waals surface area contributed by atoms with Crippen molar-refractivity contribution in [3.63, 3.8) is 0 Å². The molecule has 0 saturated heterocycles. The second kappa shape index (κ2) is 7.07. The number of aromatic amines is 1. The minimum atomic E-state index is -0.724. The van der Waals surface area contributed by atoms with Crippen LogP contribution in [0.4, 0.5) is 5.82 Å². The van der Waals surface area contributed by atoms with Crippen LogP contribution in [0.15, 0.2) is 43.0 Å². The van der Waals surface area contributed by atoms with Gasteiger partial charge in [0.25, 0.3) is 0 Å². The number of hydrogen-bond acceptors (Lipinski definition) is 7. The minimum absolute atomic E-state index is 0.0311. The van der Waals surface area contributed by atoms with E-state index in [0.29, 0.717) is 34.1 Å². The van der Waals surface area contributed by atoms with Gasteiger partial charge in [-0.25, -0.2) is 15.0 Å². The number of ether oxygens (including phenoxy) is 1. The van der Waals surface area contributed by atoms with Crippen molar-refractivity contribution in [2.24, 2.45) is 0 Å². The minimum Gasteiger partial charge on any atom is -0.456 e. The molecule has 4 aromatic rings. The maximum Gasteiger partial charge on any atom is 0.310 e. The monoisotopic (exact) mass is 403 g/mol. The number of benzene rings is 1. The number of anilines is 1. The molecule has 1 amide bonds. The van der Waals surface area contributed by atoms with Crippen LogP contribution in [0.5, 0.6) is 0 Å². The lowest BCUT2D eigenvalue weighted by Gasteiger charge is -2.24. The first-order valence-electron chi connectivity index (χ1n) is 9.37. The molecule has 5 rings (SSSR count). The number of aromatic nitrogens is 6. The molecule has 1 aliphatic heterocycles. The SMILES string of the molecule is Cc1nn(-c2ncnc3nc[nH]c23)c2c1C(OC(=O)Cc1ccccc1)CC(=O)N2. The molecule has 1 atom stereocenters. The standard InChI is InChI=1S/C20H17N7O3/c1-11-16-13(30-15(29)7-12-5-3-2-4-6-12)8-14(28)25-19(16)27(26-11)20-17-18(22-9-21-17)23-10-24-20/h2-6,9-10,13H,7-8H2,1H3,(H,25,28)(H,21,22,23,24). The number of nitrogens with one attached hydrogen (secondary N) is 2. The fourth-order valence-corrected chi connectivity index (χ4v) is 3.63. The van der Waals surface area contributed by atoms with Crippen molar-refractivity contribution >= 4 is 28.9 Å². The van der Waals surface area contributed by atoms with Crippen molar-refractivity contribution in [1.29, 1.82) is 0 Å². The van der Waals surface area contributed by atoms with Gasteiger partial charge >= 0.3 is 5.97 Å². The number of nitrogens with zero attached hydrogens (tertiary/aromatic N) is 5. The van der Waals surface area contributed by atoms with Gasteiger partial charge in [0, 0.05) is 0 Å². The predicted octanol–water partition coefficient (Wildman–Crippen LogP) is 2.02. The van der Waals surface area contributed by atoms with Crippen LogP contribution in [0.1, 0.15) is 29.3 Å². The number of hydrogen-bond donors (Lipinski definition) is 2. The molecule has 2 N–H and O–H groups in total. The Balaban J connectivity index is 1.50. The Labute approximate surface area is 170 Å². The van der Waals surface area contributed by atoms with Crippen LogP contribution in [0, 0.1) is 6.92 Å². The lowest BCUT2D eigenvalue weighted by Crippen LogP contribution is -2.27. The molecule has 3 aromatic heterocycles. The third-order valence-electron chi connectivity index (χ3n) is 4.93. The van der Waals surface area contributed by atoms with Gasteiger partial charge in [0.05, 0.1) is 30.4 Å². The number of imidazole rings is 1. The number of esters is 1. The van der Waals surface area contributed by atoms with E-state index >= 15 is 0 Å². The van der Waals surface area contributed by atoms with Crippen LogP contribution in [0.3, 0.4) is 0 Å². The Morgan fingerprint density at radius 3 is 2.90 bits per heavy atom. The van der Waals surface area contributed by atoms with Crippen LogP contribution in [-0.4, -0.2) is 41.6 Å². The zero-order chi connectivity index (χ0) is 20.7. The fraction of sp³-hybridized carbons (Fsp3) is 0.200. The lowest BCUT2D eigenvalue weighted by atomic mass is 10.0. The van der Waals surface area contributed by atoms with Crippen molar-refractivity contribution in [3.05, 3.63) is 59.8 Å². The van der Waals surface area contributed by atoms with Crippen LogP contribution in [0.2, 0.25) is 0 Å². The first kappa shape index (κ1) is 18.0. The zero-order valence-electron chi connectivity index (χ0n) is 16.0. The van der Waals surface area contributed by atoms with E-state index in [4.69, 9.17) is 4.74 Å². The van der Waals surface area contributed by atoms with Gasteiger partial charge in [0.15, 0.2) is 11.5 Å². The number of rotatable bonds is 4. The van der Waals surface area contributed by atoms with E-state index in [0.717, 1.165) is 5.56 Å². The van der Waals surface area contributed by atoms with Gasteiger partial charge in [-0.1, -0.05) is 30.3 Å². The Hall–Kier alpha value is -4.08. The van der Waals surface area contributed by atoms with Crippen molar-refractivity contribution in [1.82, 2.24) is 29.7 Å². The molecule has 0 spiro atoms. The molecule has 4 heterocycles.